The normalized spacial score (nSPS) is 11.6. The summed E-state index contributed by atoms with van der Waals surface area (Å²) in [5, 5.41) is 0. The lowest BCUT2D eigenvalue weighted by Crippen LogP contribution is -2.18. The summed E-state index contributed by atoms with van der Waals surface area (Å²) in [5.74, 6) is -6.15. The zero-order valence-corrected chi connectivity index (χ0v) is 13.4. The molecule has 23 heavy (non-hydrogen) atoms. The molecule has 0 radical (unpaired) electrons. The largest absolute Gasteiger partial charge is 0.313 e. The third kappa shape index (κ3) is 5.58. The summed E-state index contributed by atoms with van der Waals surface area (Å²) >= 11 is 2.73. The van der Waals surface area contributed by atoms with Crippen LogP contribution in [0, 0.1) is 0 Å². The van der Waals surface area contributed by atoms with Gasteiger partial charge in [-0.25, -0.2) is 9.97 Å². The van der Waals surface area contributed by atoms with E-state index in [9.17, 15) is 27.2 Å². The summed E-state index contributed by atoms with van der Waals surface area (Å²) in [7, 11) is 0. The van der Waals surface area contributed by atoms with Crippen molar-refractivity contribution < 1.29 is 17.6 Å². The second-order valence-electron chi connectivity index (χ2n) is 4.47. The van der Waals surface area contributed by atoms with Crippen LogP contribution in [0.2, 0.25) is 0 Å². The van der Waals surface area contributed by atoms with E-state index in [1.807, 2.05) is 0 Å². The van der Waals surface area contributed by atoms with Crippen molar-refractivity contribution in [3.8, 4) is 0 Å². The van der Waals surface area contributed by atoms with Gasteiger partial charge >= 0.3 is 0 Å². The van der Waals surface area contributed by atoms with E-state index in [4.69, 9.17) is 0 Å². The van der Waals surface area contributed by atoms with Gasteiger partial charge in [0.2, 0.25) is 0 Å². The number of aromatic amines is 2. The van der Waals surface area contributed by atoms with Gasteiger partial charge in [0.1, 0.15) is 15.9 Å². The van der Waals surface area contributed by atoms with Crippen molar-refractivity contribution >= 4 is 15.9 Å². The zero-order chi connectivity index (χ0) is 17.8. The molecule has 0 fully saturated rings. The molecule has 0 aliphatic rings. The third-order valence-electron chi connectivity index (χ3n) is 2.34. The highest BCUT2D eigenvalue weighted by atomic mass is 79.9. The topological polar surface area (TPSA) is 91.5 Å². The molecule has 6 nitrogen and oxygen atoms in total. The Bertz CT molecular complexity index is 780. The van der Waals surface area contributed by atoms with Crippen LogP contribution in [0.1, 0.15) is 25.2 Å². The SMILES string of the molecule is CC(F)(F)c1cc(=O)[nH]cn1.CC(F)(F)c1nc[nH]c(=O)c1Br. The van der Waals surface area contributed by atoms with Crippen molar-refractivity contribution in [3.05, 3.63) is 55.3 Å². The summed E-state index contributed by atoms with van der Waals surface area (Å²) < 4.78 is 49.9. The Labute approximate surface area is 135 Å². The molecule has 2 heterocycles. The van der Waals surface area contributed by atoms with Gasteiger partial charge in [-0.3, -0.25) is 9.59 Å². The van der Waals surface area contributed by atoms with Gasteiger partial charge in [0.15, 0.2) is 0 Å². The van der Waals surface area contributed by atoms with E-state index in [-0.39, 0.29) is 4.47 Å². The first kappa shape index (κ1) is 19.0. The maximum Gasteiger partial charge on any atom is 0.288 e. The first-order valence-corrected chi connectivity index (χ1v) is 6.76. The molecule has 0 aliphatic carbocycles. The van der Waals surface area contributed by atoms with Crippen LogP contribution < -0.4 is 11.1 Å². The van der Waals surface area contributed by atoms with Gasteiger partial charge < -0.3 is 9.97 Å². The monoisotopic (exact) mass is 398 g/mol. The Morgan fingerprint density at radius 1 is 1.00 bits per heavy atom. The van der Waals surface area contributed by atoms with Gasteiger partial charge in [-0.05, 0) is 15.9 Å². The lowest BCUT2D eigenvalue weighted by Gasteiger charge is -2.09. The van der Waals surface area contributed by atoms with Crippen molar-refractivity contribution in [2.45, 2.75) is 25.7 Å². The Kier molecular flexibility index (Phi) is 5.81. The Morgan fingerprint density at radius 3 is 1.96 bits per heavy atom. The number of nitrogens with one attached hydrogen (secondary N) is 2. The molecule has 126 valence electrons. The van der Waals surface area contributed by atoms with Gasteiger partial charge in [-0.1, -0.05) is 0 Å². The second kappa shape index (κ2) is 7.02. The Balaban J connectivity index is 0.000000231. The van der Waals surface area contributed by atoms with Crippen molar-refractivity contribution in [1.82, 2.24) is 19.9 Å². The van der Waals surface area contributed by atoms with E-state index in [0.717, 1.165) is 18.7 Å². The molecule has 2 aromatic rings. The van der Waals surface area contributed by atoms with Crippen molar-refractivity contribution in [2.75, 3.05) is 0 Å². The first-order chi connectivity index (χ1) is 10.4. The van der Waals surface area contributed by atoms with Gasteiger partial charge in [0.25, 0.3) is 23.0 Å². The number of hydrogen-bond donors (Lipinski definition) is 2. The number of rotatable bonds is 2. The fraction of sp³-hybridized carbons (Fsp3) is 0.333. The van der Waals surface area contributed by atoms with Crippen LogP contribution in [-0.4, -0.2) is 19.9 Å². The molecule has 0 unspecified atom stereocenters. The third-order valence-corrected chi connectivity index (χ3v) is 3.08. The highest BCUT2D eigenvalue weighted by molar-refractivity contribution is 9.10. The quantitative estimate of drug-likeness (QED) is 0.760. The molecule has 0 aromatic carbocycles. The standard InChI is InChI=1S/C6H5BrF2N2O.C6H6F2N2O/c1-6(8,9)4-3(7)5(12)11-2-10-4;1-6(7,8)4-2-5(11)10-3-9-4/h2H,1H3,(H,10,11,12);2-3H,1H3,(H,9,10,11). The molecular formula is C12H11BrF4N4O2. The highest BCUT2D eigenvalue weighted by Crippen LogP contribution is 2.28. The molecule has 11 heteroatoms. The summed E-state index contributed by atoms with van der Waals surface area (Å²) in [5.41, 5.74) is -2.24. The van der Waals surface area contributed by atoms with Crippen molar-refractivity contribution in [1.29, 1.82) is 0 Å². The molecule has 0 amide bonds. The van der Waals surface area contributed by atoms with Crippen LogP contribution in [0.3, 0.4) is 0 Å². The first-order valence-electron chi connectivity index (χ1n) is 5.97. The number of halogens is 5. The summed E-state index contributed by atoms with van der Waals surface area (Å²) in [6, 6.07) is 0.778. The Hall–Kier alpha value is -2.04. The van der Waals surface area contributed by atoms with E-state index < -0.39 is 34.4 Å². The fourth-order valence-electron chi connectivity index (χ4n) is 1.30. The molecular weight excluding hydrogens is 388 g/mol. The summed E-state index contributed by atoms with van der Waals surface area (Å²) in [6.07, 6.45) is 1.90. The molecule has 2 N–H and O–H groups in total. The van der Waals surface area contributed by atoms with Crippen LogP contribution in [0.4, 0.5) is 17.6 Å². The van der Waals surface area contributed by atoms with Gasteiger partial charge in [-0.15, -0.1) is 0 Å². The highest BCUT2D eigenvalue weighted by Gasteiger charge is 2.30. The molecule has 2 rings (SSSR count). The minimum absolute atomic E-state index is 0.225. The molecule has 0 atom stereocenters. The Morgan fingerprint density at radius 2 is 1.57 bits per heavy atom. The number of alkyl halides is 4. The molecule has 0 spiro atoms. The molecule has 0 saturated heterocycles. The maximum atomic E-state index is 12.7. The lowest BCUT2D eigenvalue weighted by atomic mass is 10.2. The van der Waals surface area contributed by atoms with Gasteiger partial charge in [0, 0.05) is 19.9 Å². The number of aromatic nitrogens is 4. The van der Waals surface area contributed by atoms with E-state index in [2.05, 4.69) is 35.9 Å². The summed E-state index contributed by atoms with van der Waals surface area (Å²) in [6.45, 7) is 1.37. The van der Waals surface area contributed by atoms with E-state index in [1.54, 1.807) is 0 Å². The van der Waals surface area contributed by atoms with Crippen LogP contribution in [0.5, 0.6) is 0 Å². The van der Waals surface area contributed by atoms with Gasteiger partial charge in [0.05, 0.1) is 12.7 Å². The lowest BCUT2D eigenvalue weighted by molar-refractivity contribution is 0.0113. The van der Waals surface area contributed by atoms with Gasteiger partial charge in [-0.2, -0.15) is 17.6 Å². The van der Waals surface area contributed by atoms with Crippen LogP contribution in [0.15, 0.2) is 32.8 Å². The van der Waals surface area contributed by atoms with Crippen molar-refractivity contribution in [2.24, 2.45) is 0 Å². The van der Waals surface area contributed by atoms with Crippen LogP contribution >= 0.6 is 15.9 Å². The van der Waals surface area contributed by atoms with E-state index in [1.165, 1.54) is 0 Å². The fourth-order valence-corrected chi connectivity index (χ4v) is 1.86. The molecule has 0 aliphatic heterocycles. The van der Waals surface area contributed by atoms with Crippen LogP contribution in [0.25, 0.3) is 0 Å². The molecule has 0 bridgehead atoms. The summed E-state index contributed by atoms with van der Waals surface area (Å²) in [4.78, 5) is 32.3. The number of nitrogens with zero attached hydrogens (tertiary/aromatic N) is 2. The molecule has 2 aromatic heterocycles. The second-order valence-corrected chi connectivity index (χ2v) is 5.26. The minimum atomic E-state index is -3.10. The average molecular weight is 399 g/mol. The van der Waals surface area contributed by atoms with Crippen LogP contribution in [-0.2, 0) is 11.8 Å². The maximum absolute atomic E-state index is 12.7. The average Bonchev–Trinajstić information content (AvgIpc) is 2.40. The number of hydrogen-bond acceptors (Lipinski definition) is 4. The molecule has 0 saturated carbocycles. The smallest absolute Gasteiger partial charge is 0.288 e. The number of H-pyrrole nitrogens is 2. The van der Waals surface area contributed by atoms with E-state index in [0.29, 0.717) is 13.8 Å². The predicted molar refractivity (Wildman–Crippen MR) is 76.6 cm³/mol. The minimum Gasteiger partial charge on any atom is -0.313 e. The van der Waals surface area contributed by atoms with Crippen molar-refractivity contribution in [3.63, 3.8) is 0 Å². The zero-order valence-electron chi connectivity index (χ0n) is 11.8. The van der Waals surface area contributed by atoms with E-state index >= 15 is 0 Å². The predicted octanol–water partition coefficient (Wildman–Crippen LogP) is 2.53.